The third-order valence-corrected chi connectivity index (χ3v) is 6.21. The highest BCUT2D eigenvalue weighted by molar-refractivity contribution is 5.68. The first-order valence-electron chi connectivity index (χ1n) is 9.95. The highest BCUT2D eigenvalue weighted by Gasteiger charge is 2.58. The number of nitrogens with zero attached hydrogens (tertiary/aromatic N) is 8. The summed E-state index contributed by atoms with van der Waals surface area (Å²) in [7, 11) is 1.77. The second kappa shape index (κ2) is 6.22. The molecule has 0 aromatic carbocycles. The second-order valence-electron chi connectivity index (χ2n) is 8.20. The highest BCUT2D eigenvalue weighted by atomic mass is 16.5. The zero-order valence-corrected chi connectivity index (χ0v) is 16.6. The fourth-order valence-corrected chi connectivity index (χ4v) is 4.59. The number of aryl methyl sites for hydroxylation is 2. The topological polar surface area (TPSA) is 108 Å². The summed E-state index contributed by atoms with van der Waals surface area (Å²) >= 11 is 0. The number of rotatable bonds is 4. The van der Waals surface area contributed by atoms with Crippen molar-refractivity contribution in [3.8, 4) is 0 Å². The van der Waals surface area contributed by atoms with Gasteiger partial charge in [-0.2, -0.15) is 4.98 Å². The Kier molecular flexibility index (Phi) is 3.59. The van der Waals surface area contributed by atoms with Crippen LogP contribution in [0.25, 0.3) is 11.2 Å². The summed E-state index contributed by atoms with van der Waals surface area (Å²) in [5.74, 6) is 3.54. The molecule has 0 spiro atoms. The molecule has 10 nitrogen and oxygen atoms in total. The van der Waals surface area contributed by atoms with Crippen molar-refractivity contribution in [1.82, 2.24) is 34.2 Å². The van der Waals surface area contributed by atoms with Crippen LogP contribution in [0.2, 0.25) is 0 Å². The van der Waals surface area contributed by atoms with E-state index in [0.29, 0.717) is 34.8 Å². The van der Waals surface area contributed by atoms with Crippen molar-refractivity contribution in [2.24, 2.45) is 18.9 Å². The minimum absolute atomic E-state index is 0.177. The van der Waals surface area contributed by atoms with Gasteiger partial charge in [-0.1, -0.05) is 5.16 Å². The van der Waals surface area contributed by atoms with Gasteiger partial charge in [-0.3, -0.25) is 9.36 Å². The summed E-state index contributed by atoms with van der Waals surface area (Å²) in [5, 5.41) is 4.19. The zero-order valence-electron chi connectivity index (χ0n) is 16.6. The molecule has 0 amide bonds. The van der Waals surface area contributed by atoms with Crippen LogP contribution in [0.4, 0.5) is 5.82 Å². The molecule has 5 heterocycles. The first kappa shape index (κ1) is 17.3. The van der Waals surface area contributed by atoms with E-state index in [1.54, 1.807) is 17.9 Å². The minimum atomic E-state index is -0.177. The van der Waals surface area contributed by atoms with Crippen LogP contribution in [0.15, 0.2) is 40.3 Å². The molecule has 2 fully saturated rings. The predicted octanol–water partition coefficient (Wildman–Crippen LogP) is 1.11. The maximum absolute atomic E-state index is 12.7. The number of fused-ring (bicyclic) bond motifs is 2. The van der Waals surface area contributed by atoms with Crippen LogP contribution in [0.3, 0.4) is 0 Å². The van der Waals surface area contributed by atoms with Crippen LogP contribution in [0.1, 0.15) is 23.2 Å². The molecule has 4 aromatic rings. The van der Waals surface area contributed by atoms with E-state index in [-0.39, 0.29) is 12.1 Å². The molecular formula is C20H20N8O2. The van der Waals surface area contributed by atoms with Gasteiger partial charge in [-0.15, -0.1) is 0 Å². The fraction of sp³-hybridized carbons (Fsp3) is 0.400. The Hall–Kier alpha value is -3.56. The van der Waals surface area contributed by atoms with Gasteiger partial charge in [0.15, 0.2) is 17.0 Å². The lowest BCUT2D eigenvalue weighted by molar-refractivity contribution is 0.363. The molecule has 1 aliphatic carbocycles. The Balaban J connectivity index is 1.17. The molecule has 152 valence electrons. The lowest BCUT2D eigenvalue weighted by Gasteiger charge is -2.20. The third-order valence-electron chi connectivity index (χ3n) is 6.21. The second-order valence-corrected chi connectivity index (χ2v) is 8.20. The Labute approximate surface area is 171 Å². The summed E-state index contributed by atoms with van der Waals surface area (Å²) in [5.41, 5.74) is 1.93. The molecule has 2 aliphatic rings. The fourth-order valence-electron chi connectivity index (χ4n) is 4.59. The van der Waals surface area contributed by atoms with E-state index in [0.717, 1.165) is 24.7 Å². The standard InChI is InChI=1S/C20H20N8O2/c1-11-3-4-21-14(5-11)27-6-12-13(7-27)16(12)18-24-15(30-25-18)8-28-10-23-19-17(20(28)29)26(2)9-22-19/h3-5,9-10,12-13,16H,6-8H2,1-2H3/t12-,13?,16?/m0/s1. The molecule has 1 saturated carbocycles. The summed E-state index contributed by atoms with van der Waals surface area (Å²) in [4.78, 5) is 32.4. The van der Waals surface area contributed by atoms with E-state index in [9.17, 15) is 4.79 Å². The van der Waals surface area contributed by atoms with E-state index in [1.807, 2.05) is 12.3 Å². The summed E-state index contributed by atoms with van der Waals surface area (Å²) < 4.78 is 8.58. The molecular weight excluding hydrogens is 384 g/mol. The average Bonchev–Trinajstić information content (AvgIpc) is 3.16. The van der Waals surface area contributed by atoms with Crippen molar-refractivity contribution in [2.45, 2.75) is 19.4 Å². The Morgan fingerprint density at radius 2 is 1.97 bits per heavy atom. The maximum atomic E-state index is 12.7. The lowest BCUT2D eigenvalue weighted by Crippen LogP contribution is -2.24. The Morgan fingerprint density at radius 3 is 2.77 bits per heavy atom. The molecule has 2 unspecified atom stereocenters. The summed E-state index contributed by atoms with van der Waals surface area (Å²) in [6.45, 7) is 4.19. The van der Waals surface area contributed by atoms with Crippen LogP contribution in [0.5, 0.6) is 0 Å². The molecule has 30 heavy (non-hydrogen) atoms. The van der Waals surface area contributed by atoms with E-state index in [2.05, 4.69) is 43.0 Å². The van der Waals surface area contributed by atoms with Gasteiger partial charge in [-0.25, -0.2) is 15.0 Å². The van der Waals surface area contributed by atoms with E-state index in [1.165, 1.54) is 16.5 Å². The maximum Gasteiger partial charge on any atom is 0.280 e. The Bertz CT molecular complexity index is 1310. The van der Waals surface area contributed by atoms with E-state index < -0.39 is 0 Å². The lowest BCUT2D eigenvalue weighted by atomic mass is 10.2. The first-order chi connectivity index (χ1) is 14.6. The van der Waals surface area contributed by atoms with Crippen molar-refractivity contribution >= 4 is 17.0 Å². The van der Waals surface area contributed by atoms with Gasteiger partial charge >= 0.3 is 0 Å². The molecule has 10 heteroatoms. The number of pyridine rings is 1. The highest BCUT2D eigenvalue weighted by Crippen LogP contribution is 2.57. The van der Waals surface area contributed by atoms with Gasteiger partial charge in [0.2, 0.25) is 5.89 Å². The molecule has 4 aromatic heterocycles. The normalized spacial score (nSPS) is 22.6. The van der Waals surface area contributed by atoms with Gasteiger partial charge in [0.05, 0.1) is 6.33 Å². The van der Waals surface area contributed by atoms with Gasteiger partial charge in [-0.05, 0) is 36.5 Å². The Morgan fingerprint density at radius 1 is 1.17 bits per heavy atom. The average molecular weight is 404 g/mol. The van der Waals surface area contributed by atoms with Crippen LogP contribution in [-0.2, 0) is 13.6 Å². The van der Waals surface area contributed by atoms with Crippen LogP contribution >= 0.6 is 0 Å². The molecule has 0 bridgehead atoms. The predicted molar refractivity (Wildman–Crippen MR) is 107 cm³/mol. The van der Waals surface area contributed by atoms with Gasteiger partial charge < -0.3 is 14.0 Å². The summed E-state index contributed by atoms with van der Waals surface area (Å²) in [6.07, 6.45) is 4.91. The van der Waals surface area contributed by atoms with Crippen LogP contribution in [0, 0.1) is 18.8 Å². The molecule has 0 radical (unpaired) electrons. The van der Waals surface area contributed by atoms with Gasteiger partial charge in [0, 0.05) is 32.3 Å². The van der Waals surface area contributed by atoms with Crippen LogP contribution < -0.4 is 10.5 Å². The first-order valence-corrected chi connectivity index (χ1v) is 9.95. The summed E-state index contributed by atoms with van der Waals surface area (Å²) in [6, 6.07) is 4.13. The number of piperidine rings is 1. The van der Waals surface area contributed by atoms with Crippen molar-refractivity contribution in [1.29, 1.82) is 0 Å². The van der Waals surface area contributed by atoms with E-state index in [4.69, 9.17) is 4.52 Å². The molecule has 1 saturated heterocycles. The SMILES string of the molecule is Cc1ccnc(N2CC3C(c4noc(Cn5cnc6ncn(C)c6c5=O)n4)[C@H]3C2)c1. The number of hydrogen-bond acceptors (Lipinski definition) is 8. The minimum Gasteiger partial charge on any atom is -0.356 e. The smallest absolute Gasteiger partial charge is 0.280 e. The molecule has 1 aliphatic heterocycles. The van der Waals surface area contributed by atoms with Crippen molar-refractivity contribution in [2.75, 3.05) is 18.0 Å². The van der Waals surface area contributed by atoms with Crippen molar-refractivity contribution in [3.63, 3.8) is 0 Å². The monoisotopic (exact) mass is 404 g/mol. The molecule has 6 rings (SSSR count). The number of imidazole rings is 1. The quantitative estimate of drug-likeness (QED) is 0.498. The van der Waals surface area contributed by atoms with Crippen LogP contribution in [-0.4, -0.2) is 47.3 Å². The van der Waals surface area contributed by atoms with E-state index >= 15 is 0 Å². The molecule has 3 atom stereocenters. The van der Waals surface area contributed by atoms with Crippen molar-refractivity contribution < 1.29 is 4.52 Å². The number of hydrogen-bond donors (Lipinski definition) is 0. The van der Waals surface area contributed by atoms with Gasteiger partial charge in [0.1, 0.15) is 18.7 Å². The van der Waals surface area contributed by atoms with Gasteiger partial charge in [0.25, 0.3) is 5.56 Å². The van der Waals surface area contributed by atoms with Crippen molar-refractivity contribution in [3.05, 3.63) is 58.6 Å². The largest absolute Gasteiger partial charge is 0.356 e. The molecule has 0 N–H and O–H groups in total. The number of aromatic nitrogens is 7. The zero-order chi connectivity index (χ0) is 20.4. The number of anilines is 1. The third kappa shape index (κ3) is 2.63.